The first-order valence-corrected chi connectivity index (χ1v) is 10.4. The van der Waals surface area contributed by atoms with Crippen LogP contribution in [0.25, 0.3) is 0 Å². The lowest BCUT2D eigenvalue weighted by molar-refractivity contribution is 0.0945. The summed E-state index contributed by atoms with van der Waals surface area (Å²) in [5.74, 6) is -1.20. The number of hydrogen-bond acceptors (Lipinski definition) is 6. The summed E-state index contributed by atoms with van der Waals surface area (Å²) in [5.41, 5.74) is 0.170. The number of carbonyl (C=O) groups excluding carboxylic acids is 2. The van der Waals surface area contributed by atoms with E-state index in [0.717, 1.165) is 17.5 Å². The number of pyridine rings is 1. The van der Waals surface area contributed by atoms with Crippen molar-refractivity contribution < 1.29 is 18.0 Å². The zero-order chi connectivity index (χ0) is 17.9. The van der Waals surface area contributed by atoms with Crippen molar-refractivity contribution in [2.24, 2.45) is 0 Å². The fourth-order valence-electron chi connectivity index (χ4n) is 1.60. The number of nitrogens with one attached hydrogen (secondary N) is 2. The minimum atomic E-state index is -3.99. The van der Waals surface area contributed by atoms with E-state index >= 15 is 0 Å². The van der Waals surface area contributed by atoms with E-state index in [-0.39, 0.29) is 21.4 Å². The number of sulfonamides is 1. The van der Waals surface area contributed by atoms with Gasteiger partial charge in [0.05, 0.1) is 9.35 Å². The normalized spacial score (nSPS) is 11.1. The van der Waals surface area contributed by atoms with Gasteiger partial charge in [0.25, 0.3) is 21.8 Å². The monoisotopic (exact) mass is 495 g/mol. The van der Waals surface area contributed by atoms with Gasteiger partial charge in [-0.15, -0.1) is 11.3 Å². The average Bonchev–Trinajstić information content (AvgIpc) is 2.87. The summed E-state index contributed by atoms with van der Waals surface area (Å²) < 4.78 is 27.5. The van der Waals surface area contributed by atoms with E-state index in [1.807, 2.05) is 4.72 Å². The zero-order valence-electron chi connectivity index (χ0n) is 12.2. The number of rotatable bonds is 5. The van der Waals surface area contributed by atoms with Crippen LogP contribution in [0.2, 0.25) is 0 Å². The summed E-state index contributed by atoms with van der Waals surface area (Å²) in [7, 11) is -3.99. The molecule has 0 aliphatic rings. The van der Waals surface area contributed by atoms with Gasteiger partial charge < -0.3 is 5.32 Å². The maximum Gasteiger partial charge on any atom is 0.273 e. The third kappa shape index (κ3) is 4.41. The first-order chi connectivity index (χ1) is 11.2. The lowest BCUT2D eigenvalue weighted by Gasteiger charge is -2.06. The number of aromatic nitrogens is 1. The lowest BCUT2D eigenvalue weighted by Crippen LogP contribution is -2.30. The number of halogens is 2. The molecule has 0 atom stereocenters. The van der Waals surface area contributed by atoms with Gasteiger partial charge in [-0.05, 0) is 57.0 Å². The molecule has 24 heavy (non-hydrogen) atoms. The van der Waals surface area contributed by atoms with Crippen molar-refractivity contribution in [1.82, 2.24) is 15.0 Å². The van der Waals surface area contributed by atoms with E-state index in [1.165, 1.54) is 18.2 Å². The maximum atomic E-state index is 12.2. The molecule has 0 aromatic carbocycles. The smallest absolute Gasteiger partial charge is 0.273 e. The molecule has 2 N–H and O–H groups in total. The van der Waals surface area contributed by atoms with Gasteiger partial charge in [-0.1, -0.05) is 0 Å². The Hall–Kier alpha value is -1.30. The van der Waals surface area contributed by atoms with Crippen molar-refractivity contribution in [3.05, 3.63) is 43.9 Å². The van der Waals surface area contributed by atoms with Crippen molar-refractivity contribution >= 4 is 65.0 Å². The fourth-order valence-corrected chi connectivity index (χ4v) is 5.40. The molecule has 0 unspecified atom stereocenters. The summed E-state index contributed by atoms with van der Waals surface area (Å²) >= 11 is 7.36. The highest BCUT2D eigenvalue weighted by molar-refractivity contribution is 9.13. The molecule has 0 aliphatic carbocycles. The van der Waals surface area contributed by atoms with E-state index in [2.05, 4.69) is 42.2 Å². The Kier molecular flexibility index (Phi) is 6.12. The summed E-state index contributed by atoms with van der Waals surface area (Å²) in [5, 5.41) is 2.57. The van der Waals surface area contributed by atoms with E-state index in [1.54, 1.807) is 6.92 Å². The van der Waals surface area contributed by atoms with Gasteiger partial charge in [-0.2, -0.15) is 0 Å². The van der Waals surface area contributed by atoms with Crippen LogP contribution in [-0.4, -0.2) is 31.8 Å². The third-order valence-electron chi connectivity index (χ3n) is 2.71. The minimum Gasteiger partial charge on any atom is -0.351 e. The number of thiophene rings is 1. The van der Waals surface area contributed by atoms with E-state index in [4.69, 9.17) is 0 Å². The van der Waals surface area contributed by atoms with Crippen LogP contribution in [-0.2, 0) is 10.0 Å². The largest absolute Gasteiger partial charge is 0.351 e. The quantitative estimate of drug-likeness (QED) is 0.661. The molecule has 0 radical (unpaired) electrons. The lowest BCUT2D eigenvalue weighted by atomic mass is 10.2. The van der Waals surface area contributed by atoms with Gasteiger partial charge in [0, 0.05) is 17.2 Å². The first kappa shape index (κ1) is 19.0. The highest BCUT2D eigenvalue weighted by Crippen LogP contribution is 2.34. The van der Waals surface area contributed by atoms with Crippen LogP contribution in [0.4, 0.5) is 0 Å². The zero-order valence-corrected chi connectivity index (χ0v) is 17.0. The second kappa shape index (κ2) is 7.72. The Balaban J connectivity index is 2.16. The van der Waals surface area contributed by atoms with Crippen LogP contribution in [0.1, 0.15) is 27.8 Å². The molecule has 7 nitrogen and oxygen atoms in total. The molecule has 0 spiro atoms. The van der Waals surface area contributed by atoms with Crippen LogP contribution in [0, 0.1) is 0 Å². The van der Waals surface area contributed by atoms with Crippen LogP contribution in [0.5, 0.6) is 0 Å². The molecule has 0 aliphatic heterocycles. The van der Waals surface area contributed by atoms with Gasteiger partial charge in [-0.25, -0.2) is 13.1 Å². The minimum absolute atomic E-state index is 0.0125. The molecule has 0 saturated heterocycles. The second-order valence-electron chi connectivity index (χ2n) is 4.41. The van der Waals surface area contributed by atoms with Gasteiger partial charge >= 0.3 is 0 Å². The van der Waals surface area contributed by atoms with Gasteiger partial charge in [-0.3, -0.25) is 14.6 Å². The molecule has 0 bridgehead atoms. The van der Waals surface area contributed by atoms with Crippen LogP contribution in [0.15, 0.2) is 36.9 Å². The predicted octanol–water partition coefficient (Wildman–Crippen LogP) is 2.54. The summed E-state index contributed by atoms with van der Waals surface area (Å²) in [6, 6.07) is 4.08. The summed E-state index contributed by atoms with van der Waals surface area (Å²) in [6.07, 6.45) is 1.15. The van der Waals surface area contributed by atoms with Crippen molar-refractivity contribution in [3.63, 3.8) is 0 Å². The summed E-state index contributed by atoms with van der Waals surface area (Å²) in [4.78, 5) is 27.5. The third-order valence-corrected chi connectivity index (χ3v) is 7.77. The average molecular weight is 497 g/mol. The van der Waals surface area contributed by atoms with Crippen molar-refractivity contribution in [1.29, 1.82) is 0 Å². The van der Waals surface area contributed by atoms with E-state index in [0.29, 0.717) is 14.8 Å². The first-order valence-electron chi connectivity index (χ1n) is 6.51. The highest BCUT2D eigenvalue weighted by Gasteiger charge is 2.22. The van der Waals surface area contributed by atoms with Crippen LogP contribution in [0.3, 0.4) is 0 Å². The Morgan fingerprint density at radius 1 is 1.25 bits per heavy atom. The van der Waals surface area contributed by atoms with Crippen LogP contribution >= 0.6 is 43.2 Å². The molecule has 2 aromatic rings. The molecule has 2 heterocycles. The predicted molar refractivity (Wildman–Crippen MR) is 96.6 cm³/mol. The van der Waals surface area contributed by atoms with Crippen molar-refractivity contribution in [3.8, 4) is 0 Å². The molecule has 2 aromatic heterocycles. The summed E-state index contributed by atoms with van der Waals surface area (Å²) in [6.45, 7) is 2.22. The maximum absolute atomic E-state index is 12.2. The topological polar surface area (TPSA) is 105 Å². The van der Waals surface area contributed by atoms with Crippen molar-refractivity contribution in [2.45, 2.75) is 11.1 Å². The van der Waals surface area contributed by atoms with E-state index in [9.17, 15) is 18.0 Å². The van der Waals surface area contributed by atoms with Gasteiger partial charge in [0.1, 0.15) is 9.90 Å². The highest BCUT2D eigenvalue weighted by atomic mass is 79.9. The molecule has 128 valence electrons. The number of nitrogens with zero attached hydrogens (tertiary/aromatic N) is 1. The number of hydrogen-bond donors (Lipinski definition) is 2. The Labute approximate surface area is 159 Å². The Morgan fingerprint density at radius 2 is 1.96 bits per heavy atom. The number of amides is 2. The van der Waals surface area contributed by atoms with Crippen molar-refractivity contribution in [2.75, 3.05) is 6.54 Å². The molecule has 0 fully saturated rings. The SMILES string of the molecule is CCNC(=O)c1ccc(C(=O)NS(=O)(=O)c2cc(Br)c(Br)s2)cn1. The molecular weight excluding hydrogens is 486 g/mol. The molecule has 11 heteroatoms. The van der Waals surface area contributed by atoms with Gasteiger partial charge in [0.15, 0.2) is 0 Å². The number of carbonyl (C=O) groups is 2. The molecule has 0 saturated carbocycles. The Morgan fingerprint density at radius 3 is 2.46 bits per heavy atom. The molecule has 2 amide bonds. The van der Waals surface area contributed by atoms with Crippen LogP contribution < -0.4 is 10.0 Å². The molecule has 2 rings (SSSR count). The fraction of sp³-hybridized carbons (Fsp3) is 0.154. The Bertz CT molecular complexity index is 860. The van der Waals surface area contributed by atoms with E-state index < -0.39 is 15.9 Å². The van der Waals surface area contributed by atoms with Gasteiger partial charge in [0.2, 0.25) is 0 Å². The molecular formula is C13H11Br2N3O4S2. The second-order valence-corrected chi connectivity index (χ2v) is 9.55. The standard InChI is InChI=1S/C13H11Br2N3O4S2/c1-2-16-13(20)9-4-3-7(6-17-9)12(19)18-24(21,22)10-5-8(14)11(15)23-10/h3-6H,2H2,1H3,(H,16,20)(H,18,19).